The maximum Gasteiger partial charge on any atom is 0.243 e. The van der Waals surface area contributed by atoms with Gasteiger partial charge in [-0.25, -0.2) is 0 Å². The number of thioether (sulfide) groups is 1. The van der Waals surface area contributed by atoms with Crippen LogP contribution in [-0.2, 0) is 22.6 Å². The molecule has 1 atom stereocenters. The maximum atomic E-state index is 13.7. The van der Waals surface area contributed by atoms with Crippen LogP contribution in [0.5, 0.6) is 0 Å². The van der Waals surface area contributed by atoms with Gasteiger partial charge in [0.1, 0.15) is 6.04 Å². The molecule has 2 amide bonds. The Labute approximate surface area is 234 Å². The molecule has 0 saturated carbocycles. The molecule has 37 heavy (non-hydrogen) atoms. The van der Waals surface area contributed by atoms with E-state index >= 15 is 0 Å². The lowest BCUT2D eigenvalue weighted by atomic mass is 10.0. The largest absolute Gasteiger partial charge is 0.354 e. The third-order valence-electron chi connectivity index (χ3n) is 6.04. The third-order valence-corrected chi connectivity index (χ3v) is 7.80. The Morgan fingerprint density at radius 2 is 1.68 bits per heavy atom. The highest BCUT2D eigenvalue weighted by molar-refractivity contribution is 7.99. The van der Waals surface area contributed by atoms with Crippen LogP contribution in [0.4, 0.5) is 0 Å². The fourth-order valence-electron chi connectivity index (χ4n) is 3.93. The number of amides is 2. The van der Waals surface area contributed by atoms with Crippen LogP contribution in [0.2, 0.25) is 10.0 Å². The van der Waals surface area contributed by atoms with Crippen LogP contribution in [-0.4, -0.2) is 35.1 Å². The van der Waals surface area contributed by atoms with Gasteiger partial charge in [-0.2, -0.15) is 0 Å². The Morgan fingerprint density at radius 3 is 2.35 bits per heavy atom. The Bertz CT molecular complexity index is 1160. The van der Waals surface area contributed by atoms with Crippen LogP contribution in [0.25, 0.3) is 0 Å². The third kappa shape index (κ3) is 9.41. The summed E-state index contributed by atoms with van der Waals surface area (Å²) >= 11 is 14.0. The average molecular weight is 558 g/mol. The summed E-state index contributed by atoms with van der Waals surface area (Å²) in [7, 11) is 0. The van der Waals surface area contributed by atoms with Crippen molar-refractivity contribution in [2.45, 2.75) is 57.0 Å². The highest BCUT2D eigenvalue weighted by atomic mass is 35.5. The molecule has 3 aromatic rings. The van der Waals surface area contributed by atoms with Crippen molar-refractivity contribution in [1.82, 2.24) is 10.2 Å². The summed E-state index contributed by atoms with van der Waals surface area (Å²) in [4.78, 5) is 29.9. The number of hydrogen-bond acceptors (Lipinski definition) is 3. The Morgan fingerprint density at radius 1 is 0.946 bits per heavy atom. The quantitative estimate of drug-likeness (QED) is 0.177. The SMILES string of the molecule is CCCCNC(=O)[C@H](Cc1ccccc1)N(Cc1ccc(Cl)c(Cl)c1)C(=O)CCSc1ccc(C)cc1. The monoisotopic (exact) mass is 556 g/mol. The van der Waals surface area contributed by atoms with E-state index in [4.69, 9.17) is 23.2 Å². The van der Waals surface area contributed by atoms with Crippen molar-refractivity contribution in [2.24, 2.45) is 0 Å². The Hall–Kier alpha value is -2.47. The van der Waals surface area contributed by atoms with E-state index in [0.717, 1.165) is 28.9 Å². The Balaban J connectivity index is 1.84. The van der Waals surface area contributed by atoms with Gasteiger partial charge in [0.15, 0.2) is 0 Å². The summed E-state index contributed by atoms with van der Waals surface area (Å²) in [5.74, 6) is 0.407. The van der Waals surface area contributed by atoms with Gasteiger partial charge in [-0.3, -0.25) is 9.59 Å². The van der Waals surface area contributed by atoms with Gasteiger partial charge in [-0.05, 0) is 48.7 Å². The van der Waals surface area contributed by atoms with E-state index in [1.807, 2.05) is 36.4 Å². The molecular weight excluding hydrogens is 523 g/mol. The first-order chi connectivity index (χ1) is 17.9. The van der Waals surface area contributed by atoms with Crippen molar-refractivity contribution in [1.29, 1.82) is 0 Å². The molecule has 1 N–H and O–H groups in total. The molecule has 0 radical (unpaired) electrons. The molecule has 0 saturated heterocycles. The number of carbonyl (C=O) groups is 2. The molecule has 3 aromatic carbocycles. The summed E-state index contributed by atoms with van der Waals surface area (Å²) in [6, 6.07) is 22.8. The van der Waals surface area contributed by atoms with Gasteiger partial charge < -0.3 is 10.2 Å². The van der Waals surface area contributed by atoms with Gasteiger partial charge in [0.2, 0.25) is 11.8 Å². The van der Waals surface area contributed by atoms with Gasteiger partial charge >= 0.3 is 0 Å². The molecule has 4 nitrogen and oxygen atoms in total. The van der Waals surface area contributed by atoms with Gasteiger partial charge in [0.25, 0.3) is 0 Å². The number of aryl methyl sites for hydroxylation is 1. The number of hydrogen-bond donors (Lipinski definition) is 1. The van der Waals surface area contributed by atoms with E-state index in [0.29, 0.717) is 35.2 Å². The lowest BCUT2D eigenvalue weighted by Crippen LogP contribution is -2.50. The number of carbonyl (C=O) groups excluding carboxylic acids is 2. The topological polar surface area (TPSA) is 49.4 Å². The standard InChI is InChI=1S/C30H34Cl2N2O2S/c1-3-4-17-33-30(36)28(20-23-8-6-5-7-9-23)34(21-24-12-15-26(31)27(32)19-24)29(35)16-18-37-25-13-10-22(2)11-14-25/h5-15,19,28H,3-4,16-18,20-21H2,1-2H3,(H,33,36)/t28-/m0/s1. The maximum absolute atomic E-state index is 13.7. The minimum absolute atomic E-state index is 0.0720. The highest BCUT2D eigenvalue weighted by Crippen LogP contribution is 2.25. The van der Waals surface area contributed by atoms with E-state index < -0.39 is 6.04 Å². The van der Waals surface area contributed by atoms with Crippen LogP contribution in [0.15, 0.2) is 77.7 Å². The molecule has 3 rings (SSSR count). The smallest absolute Gasteiger partial charge is 0.243 e. The van der Waals surface area contributed by atoms with Gasteiger partial charge in [0.05, 0.1) is 10.0 Å². The molecular formula is C30H34Cl2N2O2S. The molecule has 0 spiro atoms. The molecule has 0 fully saturated rings. The molecule has 196 valence electrons. The number of benzene rings is 3. The minimum Gasteiger partial charge on any atom is -0.354 e. The van der Waals surface area contributed by atoms with Crippen LogP contribution < -0.4 is 5.32 Å². The molecule has 0 aliphatic carbocycles. The van der Waals surface area contributed by atoms with Crippen molar-refractivity contribution >= 4 is 46.8 Å². The van der Waals surface area contributed by atoms with E-state index in [9.17, 15) is 9.59 Å². The Kier molecular flexibility index (Phi) is 11.8. The van der Waals surface area contributed by atoms with E-state index in [-0.39, 0.29) is 18.4 Å². The number of halogens is 2. The zero-order valence-corrected chi connectivity index (χ0v) is 23.7. The fourth-order valence-corrected chi connectivity index (χ4v) is 5.09. The van der Waals surface area contributed by atoms with Crippen molar-refractivity contribution in [3.63, 3.8) is 0 Å². The van der Waals surface area contributed by atoms with Crippen molar-refractivity contribution < 1.29 is 9.59 Å². The summed E-state index contributed by atoms with van der Waals surface area (Å²) < 4.78 is 0. The lowest BCUT2D eigenvalue weighted by Gasteiger charge is -2.31. The summed E-state index contributed by atoms with van der Waals surface area (Å²) in [6.07, 6.45) is 2.61. The summed E-state index contributed by atoms with van der Waals surface area (Å²) in [5.41, 5.74) is 3.03. The zero-order chi connectivity index (χ0) is 26.6. The molecule has 0 unspecified atom stereocenters. The molecule has 0 aliphatic rings. The second-order valence-corrected chi connectivity index (χ2v) is 11.0. The summed E-state index contributed by atoms with van der Waals surface area (Å²) in [6.45, 7) is 4.99. The first-order valence-corrected chi connectivity index (χ1v) is 14.4. The molecule has 0 heterocycles. The minimum atomic E-state index is -0.648. The number of rotatable bonds is 13. The van der Waals surface area contributed by atoms with Crippen molar-refractivity contribution in [3.05, 3.63) is 99.5 Å². The first-order valence-electron chi connectivity index (χ1n) is 12.6. The fraction of sp³-hybridized carbons (Fsp3) is 0.333. The number of unbranched alkanes of at least 4 members (excludes halogenated alkanes) is 1. The summed E-state index contributed by atoms with van der Waals surface area (Å²) in [5, 5.41) is 3.93. The van der Waals surface area contributed by atoms with Crippen LogP contribution in [0.1, 0.15) is 42.9 Å². The molecule has 7 heteroatoms. The zero-order valence-electron chi connectivity index (χ0n) is 21.4. The number of nitrogens with zero attached hydrogens (tertiary/aromatic N) is 1. The van der Waals surface area contributed by atoms with E-state index in [1.54, 1.807) is 28.8 Å². The van der Waals surface area contributed by atoms with E-state index in [1.165, 1.54) is 5.56 Å². The van der Waals surface area contributed by atoms with Crippen LogP contribution >= 0.6 is 35.0 Å². The van der Waals surface area contributed by atoms with Crippen molar-refractivity contribution in [3.8, 4) is 0 Å². The predicted octanol–water partition coefficient (Wildman–Crippen LogP) is 7.34. The second kappa shape index (κ2) is 15.1. The van der Waals surface area contributed by atoms with Gasteiger partial charge in [0, 0.05) is 36.6 Å². The lowest BCUT2D eigenvalue weighted by molar-refractivity contribution is -0.141. The van der Waals surface area contributed by atoms with Gasteiger partial charge in [-0.15, -0.1) is 11.8 Å². The normalized spacial score (nSPS) is 11.7. The second-order valence-electron chi connectivity index (χ2n) is 9.03. The first kappa shape index (κ1) is 29.1. The number of nitrogens with one attached hydrogen (secondary N) is 1. The van der Waals surface area contributed by atoms with Crippen LogP contribution in [0.3, 0.4) is 0 Å². The van der Waals surface area contributed by atoms with Crippen LogP contribution in [0, 0.1) is 6.92 Å². The molecule has 0 aliphatic heterocycles. The molecule has 0 aromatic heterocycles. The van der Waals surface area contributed by atoms with Crippen molar-refractivity contribution in [2.75, 3.05) is 12.3 Å². The average Bonchev–Trinajstić information content (AvgIpc) is 2.90. The molecule has 0 bridgehead atoms. The predicted molar refractivity (Wildman–Crippen MR) is 155 cm³/mol. The highest BCUT2D eigenvalue weighted by Gasteiger charge is 2.30. The van der Waals surface area contributed by atoms with E-state index in [2.05, 4.69) is 43.4 Å². The van der Waals surface area contributed by atoms with Gasteiger partial charge in [-0.1, -0.05) is 90.6 Å².